The van der Waals surface area contributed by atoms with E-state index in [2.05, 4.69) is 267 Å². The summed E-state index contributed by atoms with van der Waals surface area (Å²) in [6.07, 6.45) is 18.4. The first kappa shape index (κ1) is 76.1. The van der Waals surface area contributed by atoms with Gasteiger partial charge in [0.05, 0.1) is 65.4 Å². The van der Waals surface area contributed by atoms with Crippen LogP contribution in [0.2, 0.25) is 0 Å². The summed E-state index contributed by atoms with van der Waals surface area (Å²) in [6.45, 7) is 14.7. The van der Waals surface area contributed by atoms with Gasteiger partial charge in [0.15, 0.2) is 0 Å². The molecule has 0 bridgehead atoms. The summed E-state index contributed by atoms with van der Waals surface area (Å²) >= 11 is 23.9. The molecule has 6 heterocycles. The molecule has 5 aromatic heterocycles. The van der Waals surface area contributed by atoms with Crippen LogP contribution in [0.3, 0.4) is 0 Å². The van der Waals surface area contributed by atoms with E-state index in [0.29, 0.717) is 15.4 Å². The Labute approximate surface area is 608 Å². The molecule has 0 amide bonds. The number of carbonyl (C=O) groups is 1. The maximum Gasteiger partial charge on any atom is 0.498 e. The average Bonchev–Trinajstić information content (AvgIpc) is 1.63. The third kappa shape index (κ3) is 23.2. The van der Waals surface area contributed by atoms with Gasteiger partial charge < -0.3 is 41.1 Å². The lowest BCUT2D eigenvalue weighted by Gasteiger charge is -2.32. The summed E-state index contributed by atoms with van der Waals surface area (Å²) in [5, 5.41) is 28.2. The summed E-state index contributed by atoms with van der Waals surface area (Å²) in [4.78, 5) is 29.6. The number of benzene rings is 7. The minimum absolute atomic E-state index is 0.108. The van der Waals surface area contributed by atoms with Crippen molar-refractivity contribution in [3.63, 3.8) is 0 Å². The van der Waals surface area contributed by atoms with Gasteiger partial charge in [-0.1, -0.05) is 135 Å². The van der Waals surface area contributed by atoms with Crippen molar-refractivity contribution in [3.05, 3.63) is 272 Å². The molecule has 0 spiro atoms. The molecule has 12 aromatic rings. The molecule has 24 heteroatoms. The zero-order chi connectivity index (χ0) is 68.5. The number of nitro groups is 1. The number of rotatable bonds is 9. The van der Waals surface area contributed by atoms with Crippen LogP contribution < -0.4 is 16.9 Å². The number of aryl methyl sites for hydroxylation is 3. The lowest BCUT2D eigenvalue weighted by atomic mass is 9.82. The molecule has 1 aliphatic rings. The van der Waals surface area contributed by atoms with Gasteiger partial charge in [-0.3, -0.25) is 14.9 Å². The fourth-order valence-corrected chi connectivity index (χ4v) is 10.4. The molecule has 13 rings (SSSR count). The number of nitrogens with zero attached hydrogens (tertiary/aromatic N) is 5. The van der Waals surface area contributed by atoms with Gasteiger partial charge >= 0.3 is 7.12 Å². The molecule has 1 fully saturated rings. The van der Waals surface area contributed by atoms with Crippen LogP contribution in [0.25, 0.3) is 44.1 Å². The second kappa shape index (κ2) is 37.4. The Morgan fingerprint density at radius 2 is 1.14 bits per heavy atom. The van der Waals surface area contributed by atoms with E-state index < -0.39 is 10.2 Å². The van der Waals surface area contributed by atoms with E-state index in [1.165, 1.54) is 43.6 Å². The van der Waals surface area contributed by atoms with E-state index in [1.54, 1.807) is 48.8 Å². The highest BCUT2D eigenvalue weighted by molar-refractivity contribution is 14.1. The Morgan fingerprint density at radius 1 is 0.660 bits per heavy atom. The molecule has 0 unspecified atom stereocenters. The molecular weight excluding hydrogens is 1650 g/mol. The zero-order valence-electron chi connectivity index (χ0n) is 52.6. The van der Waals surface area contributed by atoms with Crippen molar-refractivity contribution in [2.45, 2.75) is 78.9 Å². The number of aromatic amines is 3. The van der Waals surface area contributed by atoms with Gasteiger partial charge in [-0.2, -0.15) is 10.2 Å². The van der Waals surface area contributed by atoms with Crippen LogP contribution in [0.5, 0.6) is 0 Å². The maximum atomic E-state index is 10.6. The zero-order valence-corrected chi connectivity index (χ0v) is 63.4. The second-order valence-corrected chi connectivity index (χ2v) is 27.7. The van der Waals surface area contributed by atoms with Crippen LogP contribution >= 0.6 is 114 Å². The van der Waals surface area contributed by atoms with Crippen molar-refractivity contribution in [1.29, 1.82) is 5.41 Å². The van der Waals surface area contributed by atoms with Crippen LogP contribution in [-0.4, -0.2) is 69.2 Å². The van der Waals surface area contributed by atoms with Crippen molar-refractivity contribution in [3.8, 4) is 11.4 Å². The number of carbonyl (C=O) groups excluding carboxylic acids is 1. The van der Waals surface area contributed by atoms with Crippen LogP contribution in [0, 0.1) is 19.1 Å². The van der Waals surface area contributed by atoms with Crippen LogP contribution in [0.4, 0.5) is 11.4 Å². The summed E-state index contributed by atoms with van der Waals surface area (Å²) in [5.41, 5.74) is 21.6. The van der Waals surface area contributed by atoms with Gasteiger partial charge in [0.2, 0.25) is 0 Å². The number of anilines is 1. The van der Waals surface area contributed by atoms with Crippen molar-refractivity contribution >= 4 is 182 Å². The predicted molar refractivity (Wildman–Crippen MR) is 414 cm³/mol. The van der Waals surface area contributed by atoms with Crippen LogP contribution in [0.15, 0.2) is 236 Å². The number of nitrogens with one attached hydrogen (secondary N) is 4. The summed E-state index contributed by atoms with van der Waals surface area (Å²) in [5.74, 6) is 0. The van der Waals surface area contributed by atoms with E-state index in [1.807, 2.05) is 70.5 Å². The van der Waals surface area contributed by atoms with E-state index in [-0.39, 0.29) is 24.0 Å². The molecule has 0 aliphatic carbocycles. The molecule has 0 atom stereocenters. The summed E-state index contributed by atoms with van der Waals surface area (Å²) < 4.78 is 21.8. The molecule has 8 N–H and O–H groups in total. The Balaban J connectivity index is 0.000000175. The second-order valence-electron chi connectivity index (χ2n) is 21.5. The number of H-pyrrole nitrogens is 3. The van der Waals surface area contributed by atoms with E-state index >= 15 is 0 Å². The number of aromatic nitrogens is 7. The number of nitrogens with two attached hydrogens (primary N) is 2. The molecule has 488 valence electrons. The van der Waals surface area contributed by atoms with Gasteiger partial charge in [-0.05, 0) is 227 Å². The van der Waals surface area contributed by atoms with Crippen molar-refractivity contribution in [2.75, 3.05) is 5.73 Å². The maximum absolute atomic E-state index is 10.6. The normalized spacial score (nSPS) is 12.4. The number of nitrogen functional groups attached to an aromatic ring is 1. The van der Waals surface area contributed by atoms with E-state index in [9.17, 15) is 14.9 Å². The van der Waals surface area contributed by atoms with Crippen molar-refractivity contribution in [2.24, 2.45) is 5.73 Å². The van der Waals surface area contributed by atoms with E-state index in [4.69, 9.17) is 37.8 Å². The fraction of sp³-hybridized carbons (Fsp3) is 0.171. The SMILES string of the molecule is Brc1ccc2[nH]ccc2c1.CCc1ccc(-n2cc(B3OC(C)(C)C(C)(C)O3)cn2)cc1.CCc1ccc(-n2cc(Br)cn2)cc1.CCc1ccc(I)cc1.N=C/C(Br)=C\N.Nc1c[nH]c2ccc(Br)cc12.O=C(Cl)c1ccccc1.O=[N+]([O-])c1c[nH]c2ccc(Br)cc12. The third-order valence-electron chi connectivity index (χ3n) is 14.5. The number of allylic oxidation sites excluding steroid dienone is 1. The van der Waals surface area contributed by atoms with Gasteiger partial charge in [0, 0.05) is 93.2 Å². The minimum atomic E-state index is -0.407. The van der Waals surface area contributed by atoms with Crippen LogP contribution in [-0.2, 0) is 28.6 Å². The molecule has 7 aromatic carbocycles. The standard InChI is InChI=1S/C17H23BN2O2.C11H11BrN2.C8H5BrN2O2.C8H7BrN2.C8H6BrN.C8H9I.C7H5ClO.C3H5BrN2/c1-6-13-7-9-15(10-8-13)20-12-14(11-19-20)18-21-16(2,3)17(4,5)22-18;1-2-9-3-5-11(6-4-9)14-8-10(12)7-13-14;9-5-1-2-7-6(3-5)8(4-10-7)11(12)13;9-5-1-2-8-6(3-5)7(10)4-11-8;9-7-1-2-8-6(5-7)3-4-10-8;1-2-7-3-5-8(9)6-4-7;8-7(9)6-4-2-1-3-5-6;4-3(1-5)2-6/h7-12H,6H2,1-5H3;3-8H,2H2,1H3;1-4,10H;1-4,11H,10H2;1-5,10H;3-6H,2H2,1H3;1-5H;1-2,5H,6H2/b;;;;;;;3-2+,5-1?. The Hall–Kier alpha value is -6.94. The lowest BCUT2D eigenvalue weighted by molar-refractivity contribution is -0.383. The quantitative estimate of drug-likeness (QED) is 0.0201. The third-order valence-corrected chi connectivity index (χ3v) is 17.8. The minimum Gasteiger partial charge on any atom is -0.404 e. The first-order chi connectivity index (χ1) is 44.9. The Morgan fingerprint density at radius 3 is 1.61 bits per heavy atom. The van der Waals surface area contributed by atoms with Crippen molar-refractivity contribution < 1.29 is 19.0 Å². The number of hydrogen-bond acceptors (Lipinski definition) is 10. The highest BCUT2D eigenvalue weighted by atomic mass is 127. The molecule has 16 nitrogen and oxygen atoms in total. The van der Waals surface area contributed by atoms with Gasteiger partial charge in [-0.15, -0.1) is 0 Å². The molecule has 94 heavy (non-hydrogen) atoms. The van der Waals surface area contributed by atoms with Gasteiger partial charge in [0.25, 0.3) is 10.9 Å². The Kier molecular flexibility index (Phi) is 30.3. The monoisotopic (exact) mass is 1710 g/mol. The fourth-order valence-electron chi connectivity index (χ4n) is 8.49. The first-order valence-corrected chi connectivity index (χ1v) is 34.8. The number of hydrogen-bond donors (Lipinski definition) is 6. The molecule has 1 aliphatic heterocycles. The molecular formula is C70H71BBr5ClIN11O5. The number of fused-ring (bicyclic) bond motifs is 3. The molecule has 0 saturated carbocycles. The summed E-state index contributed by atoms with van der Waals surface area (Å²) in [6, 6.07) is 53.8. The van der Waals surface area contributed by atoms with Gasteiger partial charge in [-0.25, -0.2) is 9.36 Å². The molecule has 0 radical (unpaired) electrons. The average molecular weight is 1720 g/mol. The smallest absolute Gasteiger partial charge is 0.404 e. The van der Waals surface area contributed by atoms with Gasteiger partial charge in [0.1, 0.15) is 0 Å². The van der Waals surface area contributed by atoms with Crippen LogP contribution in [0.1, 0.15) is 75.5 Å². The number of halogens is 7. The first-order valence-electron chi connectivity index (χ1n) is 29.4. The molecule has 1 saturated heterocycles. The Bertz CT molecular complexity index is 4370. The lowest BCUT2D eigenvalue weighted by Crippen LogP contribution is -2.41. The summed E-state index contributed by atoms with van der Waals surface area (Å²) in [7, 11) is -0.367. The van der Waals surface area contributed by atoms with E-state index in [0.717, 1.165) is 82.3 Å². The topological polar surface area (TPSA) is 238 Å². The predicted octanol–water partition coefficient (Wildman–Crippen LogP) is 20.0. The van der Waals surface area contributed by atoms with Crippen molar-refractivity contribution in [1.82, 2.24) is 34.5 Å². The largest absolute Gasteiger partial charge is 0.498 e. The highest BCUT2D eigenvalue weighted by Crippen LogP contribution is 2.36. The highest BCUT2D eigenvalue weighted by Gasteiger charge is 2.52.